The van der Waals surface area contributed by atoms with Crippen LogP contribution >= 0.6 is 0 Å². The van der Waals surface area contributed by atoms with E-state index in [4.69, 9.17) is 5.11 Å². The molecular formula is C15H15N3O4. The lowest BCUT2D eigenvalue weighted by atomic mass is 9.91. The number of piperidine rings is 1. The maximum atomic E-state index is 12.0. The van der Waals surface area contributed by atoms with Crippen LogP contribution in [0.4, 0.5) is 0 Å². The predicted molar refractivity (Wildman–Crippen MR) is 76.3 cm³/mol. The number of nitrogens with one attached hydrogen (secondary N) is 1. The van der Waals surface area contributed by atoms with Gasteiger partial charge in [-0.15, -0.1) is 0 Å². The molecular weight excluding hydrogens is 286 g/mol. The summed E-state index contributed by atoms with van der Waals surface area (Å²) in [7, 11) is 0. The highest BCUT2D eigenvalue weighted by Crippen LogP contribution is 2.28. The van der Waals surface area contributed by atoms with E-state index >= 15 is 0 Å². The summed E-state index contributed by atoms with van der Waals surface area (Å²) in [5, 5.41) is 15.3. The van der Waals surface area contributed by atoms with Crippen molar-refractivity contribution in [1.29, 1.82) is 0 Å². The molecule has 114 valence electrons. The first kappa shape index (κ1) is 14.2. The zero-order valence-corrected chi connectivity index (χ0v) is 11.8. The monoisotopic (exact) mass is 301 g/mol. The average Bonchev–Trinajstić information content (AvgIpc) is 2.88. The Morgan fingerprint density at radius 1 is 1.41 bits per heavy atom. The average molecular weight is 301 g/mol. The van der Waals surface area contributed by atoms with Crippen LogP contribution in [0, 0.1) is 0 Å². The van der Waals surface area contributed by atoms with Crippen LogP contribution in [-0.4, -0.2) is 32.5 Å². The summed E-state index contributed by atoms with van der Waals surface area (Å²) in [4.78, 5) is 33.8. The number of nitrogens with zero attached hydrogens (tertiary/aromatic N) is 2. The zero-order valence-electron chi connectivity index (χ0n) is 11.8. The van der Waals surface area contributed by atoms with Gasteiger partial charge < -0.3 is 5.11 Å². The van der Waals surface area contributed by atoms with Crippen molar-refractivity contribution in [3.8, 4) is 0 Å². The second kappa shape index (κ2) is 5.59. The normalized spacial score (nSPS) is 18.5. The smallest absolute Gasteiger partial charge is 0.303 e. The van der Waals surface area contributed by atoms with Gasteiger partial charge in [-0.1, -0.05) is 6.07 Å². The van der Waals surface area contributed by atoms with Gasteiger partial charge >= 0.3 is 5.97 Å². The third-order valence-electron chi connectivity index (χ3n) is 3.85. The number of hydrogen-bond acceptors (Lipinski definition) is 4. The number of aliphatic carboxylic acids is 1. The molecule has 2 aromatic rings. The molecule has 1 saturated heterocycles. The molecule has 2 N–H and O–H groups in total. The Bertz CT molecular complexity index is 765. The summed E-state index contributed by atoms with van der Waals surface area (Å²) in [6.45, 7) is 0. The molecule has 0 aromatic carbocycles. The van der Waals surface area contributed by atoms with Crippen molar-refractivity contribution in [2.24, 2.45) is 0 Å². The SMILES string of the molecule is O=C(O)CCc1ccc2c(C3CCC(=O)NC3=O)cnn2c1. The molecule has 0 saturated carbocycles. The van der Waals surface area contributed by atoms with Crippen molar-refractivity contribution >= 4 is 23.3 Å². The Balaban J connectivity index is 1.87. The molecule has 1 atom stereocenters. The second-order valence-corrected chi connectivity index (χ2v) is 5.36. The lowest BCUT2D eigenvalue weighted by Gasteiger charge is -2.19. The first-order chi connectivity index (χ1) is 10.5. The maximum Gasteiger partial charge on any atom is 0.303 e. The van der Waals surface area contributed by atoms with E-state index in [1.807, 2.05) is 12.1 Å². The number of amides is 2. The van der Waals surface area contributed by atoms with Gasteiger partial charge in [-0.2, -0.15) is 5.10 Å². The van der Waals surface area contributed by atoms with Crippen molar-refractivity contribution in [2.45, 2.75) is 31.6 Å². The molecule has 2 aromatic heterocycles. The van der Waals surface area contributed by atoms with E-state index < -0.39 is 5.97 Å². The summed E-state index contributed by atoms with van der Waals surface area (Å²) in [6, 6.07) is 3.68. The molecule has 0 bridgehead atoms. The van der Waals surface area contributed by atoms with E-state index in [-0.39, 0.29) is 24.2 Å². The van der Waals surface area contributed by atoms with Crippen molar-refractivity contribution in [2.75, 3.05) is 0 Å². The minimum Gasteiger partial charge on any atom is -0.481 e. The van der Waals surface area contributed by atoms with Crippen molar-refractivity contribution in [1.82, 2.24) is 14.9 Å². The Hall–Kier alpha value is -2.70. The van der Waals surface area contributed by atoms with Gasteiger partial charge in [-0.25, -0.2) is 4.52 Å². The number of carboxylic acids is 1. The van der Waals surface area contributed by atoms with Crippen LogP contribution in [-0.2, 0) is 20.8 Å². The minimum atomic E-state index is -0.843. The molecule has 7 heteroatoms. The van der Waals surface area contributed by atoms with E-state index in [1.54, 1.807) is 16.9 Å². The maximum absolute atomic E-state index is 12.0. The molecule has 0 spiro atoms. The molecule has 0 aliphatic carbocycles. The van der Waals surface area contributed by atoms with Gasteiger partial charge in [0.05, 0.1) is 17.6 Å². The Labute approximate surface area is 125 Å². The molecule has 3 heterocycles. The molecule has 1 aliphatic rings. The molecule has 7 nitrogen and oxygen atoms in total. The lowest BCUT2D eigenvalue weighted by molar-refractivity contribution is -0.137. The summed E-state index contributed by atoms with van der Waals surface area (Å²) in [5.74, 6) is -1.75. The van der Waals surface area contributed by atoms with Crippen LogP contribution in [0.15, 0.2) is 24.5 Å². The molecule has 1 unspecified atom stereocenters. The summed E-state index contributed by atoms with van der Waals surface area (Å²) < 4.78 is 1.65. The quantitative estimate of drug-likeness (QED) is 0.816. The van der Waals surface area contributed by atoms with Gasteiger partial charge in [0.2, 0.25) is 11.8 Å². The molecule has 0 radical (unpaired) electrons. The summed E-state index contributed by atoms with van der Waals surface area (Å²) in [5.41, 5.74) is 2.45. The Morgan fingerprint density at radius 2 is 2.23 bits per heavy atom. The Morgan fingerprint density at radius 3 is 2.95 bits per heavy atom. The van der Waals surface area contributed by atoms with Crippen LogP contribution in [0.1, 0.15) is 36.3 Å². The fourth-order valence-corrected chi connectivity index (χ4v) is 2.70. The molecule has 22 heavy (non-hydrogen) atoms. The number of hydrogen-bond donors (Lipinski definition) is 2. The molecule has 1 aliphatic heterocycles. The second-order valence-electron chi connectivity index (χ2n) is 5.36. The van der Waals surface area contributed by atoms with Gasteiger partial charge in [0, 0.05) is 24.6 Å². The number of carbonyl (C=O) groups excluding carboxylic acids is 2. The number of rotatable bonds is 4. The molecule has 2 amide bonds. The third kappa shape index (κ3) is 2.69. The van der Waals surface area contributed by atoms with Crippen molar-refractivity contribution in [3.63, 3.8) is 0 Å². The highest BCUT2D eigenvalue weighted by molar-refractivity contribution is 6.01. The number of carboxylic acid groups (broad SMARTS) is 1. The van der Waals surface area contributed by atoms with E-state index in [0.717, 1.165) is 16.6 Å². The van der Waals surface area contributed by atoms with Crippen molar-refractivity contribution in [3.05, 3.63) is 35.7 Å². The van der Waals surface area contributed by atoms with E-state index in [9.17, 15) is 14.4 Å². The van der Waals surface area contributed by atoms with Gasteiger partial charge in [0.25, 0.3) is 0 Å². The van der Waals surface area contributed by atoms with Gasteiger partial charge in [0.15, 0.2) is 0 Å². The number of pyridine rings is 1. The minimum absolute atomic E-state index is 0.0623. The standard InChI is InChI=1S/C15H15N3O4/c19-13-5-3-10(15(22)17-13)11-7-16-18-8-9(1-4-12(11)18)2-6-14(20)21/h1,4,7-8,10H,2-3,5-6H2,(H,20,21)(H,17,19,22). The summed E-state index contributed by atoms with van der Waals surface area (Å²) in [6.07, 6.45) is 4.70. The zero-order chi connectivity index (χ0) is 15.7. The fourth-order valence-electron chi connectivity index (χ4n) is 2.70. The highest BCUT2D eigenvalue weighted by Gasteiger charge is 2.30. The molecule has 1 fully saturated rings. The van der Waals surface area contributed by atoms with Crippen LogP contribution in [0.2, 0.25) is 0 Å². The number of aromatic nitrogens is 2. The largest absolute Gasteiger partial charge is 0.481 e. The van der Waals surface area contributed by atoms with E-state index in [1.165, 1.54) is 0 Å². The summed E-state index contributed by atoms with van der Waals surface area (Å²) >= 11 is 0. The topological polar surface area (TPSA) is 101 Å². The Kier molecular flexibility index (Phi) is 3.62. The van der Waals surface area contributed by atoms with Crippen molar-refractivity contribution < 1.29 is 19.5 Å². The van der Waals surface area contributed by atoms with Gasteiger partial charge in [-0.05, 0) is 24.5 Å². The number of aryl methyl sites for hydroxylation is 1. The number of imide groups is 1. The predicted octanol–water partition coefficient (Wildman–Crippen LogP) is 0.872. The van der Waals surface area contributed by atoms with Crippen LogP contribution in [0.3, 0.4) is 0 Å². The van der Waals surface area contributed by atoms with Gasteiger partial charge in [0.1, 0.15) is 0 Å². The van der Waals surface area contributed by atoms with Crippen LogP contribution in [0.25, 0.3) is 5.52 Å². The van der Waals surface area contributed by atoms with E-state index in [0.29, 0.717) is 19.3 Å². The molecule has 3 rings (SSSR count). The highest BCUT2D eigenvalue weighted by atomic mass is 16.4. The van der Waals surface area contributed by atoms with Crippen LogP contribution in [0.5, 0.6) is 0 Å². The first-order valence-electron chi connectivity index (χ1n) is 7.06. The van der Waals surface area contributed by atoms with Gasteiger partial charge in [-0.3, -0.25) is 19.7 Å². The fraction of sp³-hybridized carbons (Fsp3) is 0.333. The third-order valence-corrected chi connectivity index (χ3v) is 3.85. The first-order valence-corrected chi connectivity index (χ1v) is 7.06. The van der Waals surface area contributed by atoms with Crippen LogP contribution < -0.4 is 5.32 Å². The number of carbonyl (C=O) groups is 3. The lowest BCUT2D eigenvalue weighted by Crippen LogP contribution is -2.39. The van der Waals surface area contributed by atoms with E-state index in [2.05, 4.69) is 10.4 Å². The number of fused-ring (bicyclic) bond motifs is 1.